The van der Waals surface area contributed by atoms with Crippen LogP contribution in [0.4, 0.5) is 0 Å². The highest BCUT2D eigenvalue weighted by Crippen LogP contribution is 2.36. The molecule has 0 spiro atoms. The van der Waals surface area contributed by atoms with E-state index in [1.165, 1.54) is 6.08 Å². The third kappa shape index (κ3) is 7.75. The molecule has 0 fully saturated rings. The number of hydrogen-bond acceptors (Lipinski definition) is 5. The zero-order valence-electron chi connectivity index (χ0n) is 21.7. The monoisotopic (exact) mass is 466 g/mol. The molecule has 184 valence electrons. The number of rotatable bonds is 10. The number of esters is 1. The lowest BCUT2D eigenvalue weighted by Gasteiger charge is -2.21. The summed E-state index contributed by atoms with van der Waals surface area (Å²) in [7, 11) is 0. The molecular weight excluding hydrogens is 428 g/mol. The fourth-order valence-electron chi connectivity index (χ4n) is 3.18. The molecule has 5 heteroatoms. The van der Waals surface area contributed by atoms with Gasteiger partial charge in [-0.1, -0.05) is 19.4 Å². The van der Waals surface area contributed by atoms with Crippen molar-refractivity contribution in [3.05, 3.63) is 59.2 Å². The second-order valence-corrected chi connectivity index (χ2v) is 9.91. The summed E-state index contributed by atoms with van der Waals surface area (Å²) in [4.78, 5) is 25.0. The van der Waals surface area contributed by atoms with E-state index in [4.69, 9.17) is 14.2 Å². The predicted molar refractivity (Wildman–Crippen MR) is 137 cm³/mol. The third-order valence-electron chi connectivity index (χ3n) is 4.84. The van der Waals surface area contributed by atoms with Crippen LogP contribution in [0.25, 0.3) is 6.08 Å². The van der Waals surface area contributed by atoms with Gasteiger partial charge in [-0.2, -0.15) is 0 Å². The van der Waals surface area contributed by atoms with E-state index in [9.17, 15) is 9.59 Å². The van der Waals surface area contributed by atoms with Crippen LogP contribution in [0.1, 0.15) is 83.3 Å². The Morgan fingerprint density at radius 2 is 1.53 bits per heavy atom. The topological polar surface area (TPSA) is 61.8 Å². The van der Waals surface area contributed by atoms with Crippen LogP contribution in [0.5, 0.6) is 17.2 Å². The number of aryl methyl sites for hydroxylation is 1. The summed E-state index contributed by atoms with van der Waals surface area (Å²) < 4.78 is 17.6. The predicted octanol–water partition coefficient (Wildman–Crippen LogP) is 7.06. The average Bonchev–Trinajstić information content (AvgIpc) is 2.74. The summed E-state index contributed by atoms with van der Waals surface area (Å²) in [5.74, 6) is 1.35. The van der Waals surface area contributed by atoms with E-state index in [0.29, 0.717) is 17.1 Å². The number of hydrogen-bond donors (Lipinski definition) is 0. The maximum atomic E-state index is 12.9. The van der Waals surface area contributed by atoms with Gasteiger partial charge in [-0.15, -0.1) is 0 Å². The number of carbonyl (C=O) groups is 2. The highest BCUT2D eigenvalue weighted by molar-refractivity contribution is 6.07. The van der Waals surface area contributed by atoms with Gasteiger partial charge in [0.05, 0.1) is 23.2 Å². The Kier molecular flexibility index (Phi) is 9.48. The van der Waals surface area contributed by atoms with Crippen molar-refractivity contribution >= 4 is 17.8 Å². The molecule has 0 aliphatic heterocycles. The third-order valence-corrected chi connectivity index (χ3v) is 4.84. The molecule has 5 nitrogen and oxygen atoms in total. The van der Waals surface area contributed by atoms with E-state index < -0.39 is 5.41 Å². The average molecular weight is 467 g/mol. The molecule has 34 heavy (non-hydrogen) atoms. The number of benzene rings is 2. The maximum absolute atomic E-state index is 12.9. The van der Waals surface area contributed by atoms with Crippen molar-refractivity contribution in [1.29, 1.82) is 0 Å². The van der Waals surface area contributed by atoms with E-state index in [2.05, 4.69) is 6.92 Å². The van der Waals surface area contributed by atoms with Crippen LogP contribution in [0.3, 0.4) is 0 Å². The zero-order valence-corrected chi connectivity index (χ0v) is 21.7. The van der Waals surface area contributed by atoms with Crippen LogP contribution in [0.2, 0.25) is 0 Å². The number of allylic oxidation sites excluding steroid dienone is 1. The molecule has 0 saturated heterocycles. The largest absolute Gasteiger partial charge is 0.490 e. The number of ketones is 1. The number of ether oxygens (including phenoxy) is 3. The first kappa shape index (κ1) is 27.2. The Labute approximate surface area is 204 Å². The SMILES string of the molecule is CCCc1ccc(OC(C)C)c(/C=C/C(=O)c2ccc(OC(=O)C(C)(C)C)cc2)c1OC(C)C. The van der Waals surface area contributed by atoms with Gasteiger partial charge >= 0.3 is 5.97 Å². The van der Waals surface area contributed by atoms with Crippen molar-refractivity contribution in [2.45, 2.75) is 80.4 Å². The fourth-order valence-corrected chi connectivity index (χ4v) is 3.18. The lowest BCUT2D eigenvalue weighted by Crippen LogP contribution is -2.25. The van der Waals surface area contributed by atoms with Crippen LogP contribution in [-0.2, 0) is 11.2 Å². The molecule has 0 aromatic heterocycles. The smallest absolute Gasteiger partial charge is 0.316 e. The van der Waals surface area contributed by atoms with Gasteiger partial charge < -0.3 is 14.2 Å². The second-order valence-electron chi connectivity index (χ2n) is 9.91. The molecule has 0 heterocycles. The van der Waals surface area contributed by atoms with Gasteiger partial charge in [0.2, 0.25) is 0 Å². The van der Waals surface area contributed by atoms with Crippen molar-refractivity contribution < 1.29 is 23.8 Å². The van der Waals surface area contributed by atoms with E-state index in [0.717, 1.165) is 29.7 Å². The van der Waals surface area contributed by atoms with Crippen LogP contribution >= 0.6 is 0 Å². The Hall–Kier alpha value is -3.08. The van der Waals surface area contributed by atoms with Crippen molar-refractivity contribution in [2.75, 3.05) is 0 Å². The first-order chi connectivity index (χ1) is 15.9. The van der Waals surface area contributed by atoms with Gasteiger partial charge in [0, 0.05) is 5.56 Å². The molecule has 0 radical (unpaired) electrons. The van der Waals surface area contributed by atoms with Crippen LogP contribution in [0, 0.1) is 5.41 Å². The van der Waals surface area contributed by atoms with Gasteiger partial charge in [-0.3, -0.25) is 9.59 Å². The zero-order chi connectivity index (χ0) is 25.5. The molecule has 2 rings (SSSR count). The van der Waals surface area contributed by atoms with E-state index in [-0.39, 0.29) is 24.0 Å². The second kappa shape index (κ2) is 11.9. The van der Waals surface area contributed by atoms with E-state index >= 15 is 0 Å². The van der Waals surface area contributed by atoms with Crippen LogP contribution in [0.15, 0.2) is 42.5 Å². The van der Waals surface area contributed by atoms with Gasteiger partial charge in [-0.05, 0) is 103 Å². The quantitative estimate of drug-likeness (QED) is 0.162. The molecule has 0 saturated carbocycles. The van der Waals surface area contributed by atoms with Gasteiger partial charge in [0.15, 0.2) is 5.78 Å². The van der Waals surface area contributed by atoms with Gasteiger partial charge in [0.1, 0.15) is 17.2 Å². The van der Waals surface area contributed by atoms with Gasteiger partial charge in [-0.25, -0.2) is 0 Å². The Morgan fingerprint density at radius 1 is 0.912 bits per heavy atom. The molecule has 0 bridgehead atoms. The van der Waals surface area contributed by atoms with Crippen molar-refractivity contribution in [2.24, 2.45) is 5.41 Å². The Bertz CT molecular complexity index is 1010. The molecule has 0 unspecified atom stereocenters. The summed E-state index contributed by atoms with van der Waals surface area (Å²) in [5, 5.41) is 0. The highest BCUT2D eigenvalue weighted by atomic mass is 16.5. The molecule has 0 atom stereocenters. The minimum atomic E-state index is -0.602. The summed E-state index contributed by atoms with van der Waals surface area (Å²) in [5.41, 5.74) is 1.74. The van der Waals surface area contributed by atoms with Crippen molar-refractivity contribution in [1.82, 2.24) is 0 Å². The molecule has 0 aliphatic carbocycles. The molecule has 0 aliphatic rings. The summed E-state index contributed by atoms with van der Waals surface area (Å²) in [6.45, 7) is 15.4. The maximum Gasteiger partial charge on any atom is 0.316 e. The normalized spacial score (nSPS) is 11.8. The standard InChI is InChI=1S/C29H38O5/c1-9-10-22-13-18-26(32-19(2)3)24(27(22)33-20(4)5)16-17-25(30)21-11-14-23(15-12-21)34-28(31)29(6,7)8/h11-20H,9-10H2,1-8H3/b17-16+. The lowest BCUT2D eigenvalue weighted by molar-refractivity contribution is -0.143. The van der Waals surface area contributed by atoms with Crippen LogP contribution in [-0.4, -0.2) is 24.0 Å². The minimum Gasteiger partial charge on any atom is -0.490 e. The summed E-state index contributed by atoms with van der Waals surface area (Å²) in [6.07, 6.45) is 5.11. The molecule has 0 N–H and O–H groups in total. The lowest BCUT2D eigenvalue weighted by atomic mass is 9.97. The summed E-state index contributed by atoms with van der Waals surface area (Å²) in [6, 6.07) is 10.6. The van der Waals surface area contributed by atoms with Crippen LogP contribution < -0.4 is 14.2 Å². The first-order valence-corrected chi connectivity index (χ1v) is 12.0. The Balaban J connectivity index is 2.35. The highest BCUT2D eigenvalue weighted by Gasteiger charge is 2.23. The van der Waals surface area contributed by atoms with E-state index in [1.54, 1.807) is 51.1 Å². The number of carbonyl (C=O) groups excluding carboxylic acids is 2. The summed E-state index contributed by atoms with van der Waals surface area (Å²) >= 11 is 0. The first-order valence-electron chi connectivity index (χ1n) is 12.0. The minimum absolute atomic E-state index is 0.0175. The molecule has 0 amide bonds. The van der Waals surface area contributed by atoms with Crippen molar-refractivity contribution in [3.8, 4) is 17.2 Å². The molecular formula is C29H38O5. The van der Waals surface area contributed by atoms with Crippen molar-refractivity contribution in [3.63, 3.8) is 0 Å². The van der Waals surface area contributed by atoms with E-state index in [1.807, 2.05) is 39.8 Å². The molecule has 2 aromatic carbocycles. The fraction of sp³-hybridized carbons (Fsp3) is 0.448. The molecule has 2 aromatic rings. The Morgan fingerprint density at radius 3 is 2.06 bits per heavy atom. The van der Waals surface area contributed by atoms with Gasteiger partial charge in [0.25, 0.3) is 0 Å².